The van der Waals surface area contributed by atoms with E-state index in [-0.39, 0.29) is 0 Å². The smallest absolute Gasteiger partial charge is 0.0577 e. The largest absolute Gasteiger partial charge is 0.118 e. The van der Waals surface area contributed by atoms with E-state index in [0.717, 1.165) is 6.42 Å². The van der Waals surface area contributed by atoms with Crippen LogP contribution in [0.4, 0.5) is 0 Å². The Morgan fingerprint density at radius 1 is 2.00 bits per heavy atom. The molecule has 0 aromatic heterocycles. The normalized spacial score (nSPS) is 31.7. The Morgan fingerprint density at radius 3 is 2.50 bits per heavy atom. The molecule has 1 aliphatic rings. The number of alkyl halides is 1. The molecule has 0 aromatic carbocycles. The maximum absolute atomic E-state index is 5.63. The first-order valence-corrected chi connectivity index (χ1v) is 2.55. The van der Waals surface area contributed by atoms with Crippen molar-refractivity contribution in [2.75, 3.05) is 0 Å². The van der Waals surface area contributed by atoms with Crippen molar-refractivity contribution in [3.05, 3.63) is 11.6 Å². The summed E-state index contributed by atoms with van der Waals surface area (Å²) in [5.41, 5.74) is 1.33. The highest BCUT2D eigenvalue weighted by Gasteiger charge is 2.11. The van der Waals surface area contributed by atoms with Crippen molar-refractivity contribution in [1.82, 2.24) is 0 Å². The van der Waals surface area contributed by atoms with Crippen LogP contribution in [0.2, 0.25) is 0 Å². The SMILES string of the molecule is CC1=CC[C@H]1Cl. The van der Waals surface area contributed by atoms with E-state index in [9.17, 15) is 0 Å². The van der Waals surface area contributed by atoms with E-state index in [4.69, 9.17) is 11.6 Å². The number of halogens is 1. The van der Waals surface area contributed by atoms with Crippen molar-refractivity contribution in [3.63, 3.8) is 0 Å². The van der Waals surface area contributed by atoms with Gasteiger partial charge in [-0.05, 0) is 13.3 Å². The van der Waals surface area contributed by atoms with Crippen molar-refractivity contribution >= 4 is 11.6 Å². The Morgan fingerprint density at radius 2 is 2.50 bits per heavy atom. The first-order valence-electron chi connectivity index (χ1n) is 2.11. The molecule has 0 aromatic rings. The first kappa shape index (κ1) is 4.20. The third-order valence-electron chi connectivity index (χ3n) is 1.14. The molecule has 0 fully saturated rings. The van der Waals surface area contributed by atoms with E-state index in [1.165, 1.54) is 5.57 Å². The quantitative estimate of drug-likeness (QED) is 0.324. The molecule has 0 saturated carbocycles. The Labute approximate surface area is 42.8 Å². The molecule has 0 N–H and O–H groups in total. The Bertz CT molecular complexity index is 83.9. The zero-order chi connectivity index (χ0) is 4.57. The van der Waals surface area contributed by atoms with E-state index in [1.54, 1.807) is 0 Å². The summed E-state index contributed by atoms with van der Waals surface area (Å²) in [4.78, 5) is 0. The highest BCUT2D eigenvalue weighted by Crippen LogP contribution is 2.23. The van der Waals surface area contributed by atoms with Gasteiger partial charge in [-0.25, -0.2) is 0 Å². The van der Waals surface area contributed by atoms with Gasteiger partial charge in [0.15, 0.2) is 0 Å². The van der Waals surface area contributed by atoms with Gasteiger partial charge in [-0.15, -0.1) is 11.6 Å². The average molecular weight is 103 g/mol. The van der Waals surface area contributed by atoms with E-state index in [1.807, 2.05) is 0 Å². The van der Waals surface area contributed by atoms with Crippen LogP contribution < -0.4 is 0 Å². The van der Waals surface area contributed by atoms with Gasteiger partial charge in [-0.3, -0.25) is 0 Å². The summed E-state index contributed by atoms with van der Waals surface area (Å²) >= 11 is 5.63. The lowest BCUT2D eigenvalue weighted by atomic mass is 10.0. The number of allylic oxidation sites excluding steroid dienone is 2. The molecule has 1 atom stereocenters. The molecule has 1 heteroatoms. The van der Waals surface area contributed by atoms with Crippen molar-refractivity contribution in [2.24, 2.45) is 0 Å². The summed E-state index contributed by atoms with van der Waals surface area (Å²) in [5.74, 6) is 0. The molecule has 1 aliphatic carbocycles. The zero-order valence-electron chi connectivity index (χ0n) is 3.74. The summed E-state index contributed by atoms with van der Waals surface area (Å²) in [6.07, 6.45) is 3.23. The maximum Gasteiger partial charge on any atom is 0.0577 e. The van der Waals surface area contributed by atoms with Gasteiger partial charge in [0.2, 0.25) is 0 Å². The van der Waals surface area contributed by atoms with Crippen molar-refractivity contribution in [3.8, 4) is 0 Å². The van der Waals surface area contributed by atoms with Crippen molar-refractivity contribution < 1.29 is 0 Å². The monoisotopic (exact) mass is 102 g/mol. The lowest BCUT2D eigenvalue weighted by Gasteiger charge is -2.15. The van der Waals surface area contributed by atoms with Crippen LogP contribution >= 0.6 is 11.6 Å². The maximum atomic E-state index is 5.63. The molecule has 0 unspecified atom stereocenters. The lowest BCUT2D eigenvalue weighted by molar-refractivity contribution is 0.884. The molecule has 0 aliphatic heterocycles. The highest BCUT2D eigenvalue weighted by molar-refractivity contribution is 6.23. The van der Waals surface area contributed by atoms with Crippen LogP contribution in [0.5, 0.6) is 0 Å². The summed E-state index contributed by atoms with van der Waals surface area (Å²) in [6.45, 7) is 2.06. The third kappa shape index (κ3) is 0.454. The van der Waals surface area contributed by atoms with Gasteiger partial charge in [-0.1, -0.05) is 11.6 Å². The van der Waals surface area contributed by atoms with Gasteiger partial charge < -0.3 is 0 Å². The van der Waals surface area contributed by atoms with E-state index in [0.29, 0.717) is 5.38 Å². The first-order chi connectivity index (χ1) is 2.80. The number of hydrogen-bond donors (Lipinski definition) is 0. The standard InChI is InChI=1S/C5H7Cl/c1-4-2-3-5(4)6/h2,5H,3H2,1H3/t5-/m1/s1. The van der Waals surface area contributed by atoms with E-state index in [2.05, 4.69) is 13.0 Å². The second-order valence-electron chi connectivity index (χ2n) is 1.65. The van der Waals surface area contributed by atoms with Crippen molar-refractivity contribution in [2.45, 2.75) is 18.7 Å². The molecule has 0 saturated heterocycles. The average Bonchev–Trinajstić information content (AvgIpc) is 1.61. The van der Waals surface area contributed by atoms with Crippen LogP contribution in [0.1, 0.15) is 13.3 Å². The fraction of sp³-hybridized carbons (Fsp3) is 0.600. The second-order valence-corrected chi connectivity index (χ2v) is 2.18. The van der Waals surface area contributed by atoms with Crippen LogP contribution in [0.15, 0.2) is 11.6 Å². The van der Waals surface area contributed by atoms with Gasteiger partial charge >= 0.3 is 0 Å². The van der Waals surface area contributed by atoms with Crippen molar-refractivity contribution in [1.29, 1.82) is 0 Å². The van der Waals surface area contributed by atoms with Crippen LogP contribution in [0.3, 0.4) is 0 Å². The minimum absolute atomic E-state index is 0.366. The van der Waals surface area contributed by atoms with Crippen LogP contribution in [0.25, 0.3) is 0 Å². The molecule has 0 heterocycles. The fourth-order valence-corrected chi connectivity index (χ4v) is 0.621. The Balaban J connectivity index is 2.51. The minimum atomic E-state index is 0.366. The topological polar surface area (TPSA) is 0 Å². The predicted molar refractivity (Wildman–Crippen MR) is 28.0 cm³/mol. The van der Waals surface area contributed by atoms with Crippen LogP contribution in [0, 0.1) is 0 Å². The van der Waals surface area contributed by atoms with E-state index < -0.39 is 0 Å². The van der Waals surface area contributed by atoms with Crippen LogP contribution in [-0.2, 0) is 0 Å². The molecule has 0 bridgehead atoms. The summed E-state index contributed by atoms with van der Waals surface area (Å²) in [7, 11) is 0. The molecule has 0 nitrogen and oxygen atoms in total. The molecule has 0 spiro atoms. The number of rotatable bonds is 0. The summed E-state index contributed by atoms with van der Waals surface area (Å²) < 4.78 is 0. The lowest BCUT2D eigenvalue weighted by Crippen LogP contribution is -2.07. The number of hydrogen-bond acceptors (Lipinski definition) is 0. The second kappa shape index (κ2) is 1.27. The molecule has 0 radical (unpaired) electrons. The van der Waals surface area contributed by atoms with Gasteiger partial charge in [-0.2, -0.15) is 0 Å². The Kier molecular flexibility index (Phi) is 0.886. The van der Waals surface area contributed by atoms with Crippen LogP contribution in [-0.4, -0.2) is 5.38 Å². The third-order valence-corrected chi connectivity index (χ3v) is 1.66. The molecule has 0 amide bonds. The molecular formula is C5H7Cl. The minimum Gasteiger partial charge on any atom is -0.118 e. The summed E-state index contributed by atoms with van der Waals surface area (Å²) in [6, 6.07) is 0. The molecule has 34 valence electrons. The zero-order valence-corrected chi connectivity index (χ0v) is 4.50. The molecule has 6 heavy (non-hydrogen) atoms. The van der Waals surface area contributed by atoms with Gasteiger partial charge in [0.05, 0.1) is 5.38 Å². The van der Waals surface area contributed by atoms with Gasteiger partial charge in [0, 0.05) is 0 Å². The van der Waals surface area contributed by atoms with Gasteiger partial charge in [0.25, 0.3) is 0 Å². The van der Waals surface area contributed by atoms with E-state index >= 15 is 0 Å². The Hall–Kier alpha value is 0.0300. The molecule has 1 rings (SSSR count). The molecular weight excluding hydrogens is 95.5 g/mol. The summed E-state index contributed by atoms with van der Waals surface area (Å²) in [5, 5.41) is 0.366. The highest BCUT2D eigenvalue weighted by atomic mass is 35.5. The fourth-order valence-electron chi connectivity index (χ4n) is 0.443. The van der Waals surface area contributed by atoms with Gasteiger partial charge in [0.1, 0.15) is 0 Å². The predicted octanol–water partition coefficient (Wildman–Crippen LogP) is 1.94.